The molecule has 0 radical (unpaired) electrons. The lowest BCUT2D eigenvalue weighted by Gasteiger charge is -2.26. The number of carbonyl (C=O) groups is 1. The Bertz CT molecular complexity index is 610. The average Bonchev–Trinajstić information content (AvgIpc) is 2.54. The van der Waals surface area contributed by atoms with Gasteiger partial charge in [0.15, 0.2) is 0 Å². The van der Waals surface area contributed by atoms with E-state index >= 15 is 0 Å². The van der Waals surface area contributed by atoms with Crippen LogP contribution >= 0.6 is 0 Å². The van der Waals surface area contributed by atoms with Crippen LogP contribution in [-0.4, -0.2) is 23.0 Å². The van der Waals surface area contributed by atoms with Crippen LogP contribution in [0.2, 0.25) is 0 Å². The third-order valence-corrected chi connectivity index (χ3v) is 3.93. The van der Waals surface area contributed by atoms with Gasteiger partial charge in [0.2, 0.25) is 0 Å². The summed E-state index contributed by atoms with van der Waals surface area (Å²) < 4.78 is 0. The van der Waals surface area contributed by atoms with Crippen molar-refractivity contribution in [2.45, 2.75) is 32.9 Å². The summed E-state index contributed by atoms with van der Waals surface area (Å²) in [5, 5.41) is 3.03. The second-order valence-electron chi connectivity index (χ2n) is 5.62. The minimum atomic E-state index is -0.105. The highest BCUT2D eigenvalue weighted by Crippen LogP contribution is 2.18. The Balaban J connectivity index is 2.00. The number of amides is 2. The Hall–Kier alpha value is -2.36. The molecule has 1 aromatic carbocycles. The molecule has 22 heavy (non-hydrogen) atoms. The van der Waals surface area contributed by atoms with Gasteiger partial charge in [-0.05, 0) is 38.5 Å². The van der Waals surface area contributed by atoms with Crippen LogP contribution in [-0.2, 0) is 0 Å². The number of aryl methyl sites for hydroxylation is 1. The summed E-state index contributed by atoms with van der Waals surface area (Å²) in [6.45, 7) is 6.01. The third-order valence-electron chi connectivity index (χ3n) is 3.93. The fraction of sp³-hybridized carbons (Fsp3) is 0.333. The SMILES string of the molecule is Cc1ccc(C(C)NC(=O)N(C)C(C)c2ccccn2)cc1. The van der Waals surface area contributed by atoms with Crippen LogP contribution in [0.25, 0.3) is 0 Å². The average molecular weight is 297 g/mol. The van der Waals surface area contributed by atoms with E-state index in [9.17, 15) is 4.79 Å². The Kier molecular flexibility index (Phi) is 5.15. The van der Waals surface area contributed by atoms with Crippen LogP contribution in [0, 0.1) is 6.92 Å². The van der Waals surface area contributed by atoms with E-state index < -0.39 is 0 Å². The van der Waals surface area contributed by atoms with E-state index in [1.54, 1.807) is 18.1 Å². The predicted molar refractivity (Wildman–Crippen MR) is 88.5 cm³/mol. The topological polar surface area (TPSA) is 45.2 Å². The lowest BCUT2D eigenvalue weighted by Crippen LogP contribution is -2.40. The number of nitrogens with one attached hydrogen (secondary N) is 1. The van der Waals surface area contributed by atoms with Gasteiger partial charge in [-0.25, -0.2) is 4.79 Å². The largest absolute Gasteiger partial charge is 0.331 e. The molecule has 0 spiro atoms. The number of aromatic nitrogens is 1. The summed E-state index contributed by atoms with van der Waals surface area (Å²) in [5.41, 5.74) is 3.18. The van der Waals surface area contributed by atoms with E-state index in [1.165, 1.54) is 5.56 Å². The van der Waals surface area contributed by atoms with Crippen LogP contribution in [0.15, 0.2) is 48.7 Å². The summed E-state index contributed by atoms with van der Waals surface area (Å²) in [6.07, 6.45) is 1.74. The molecule has 2 amide bonds. The molecular formula is C18H23N3O. The van der Waals surface area contributed by atoms with Gasteiger partial charge in [-0.3, -0.25) is 4.98 Å². The van der Waals surface area contributed by atoms with Crippen molar-refractivity contribution in [3.05, 3.63) is 65.5 Å². The molecule has 0 saturated carbocycles. The zero-order chi connectivity index (χ0) is 16.1. The van der Waals surface area contributed by atoms with Crippen molar-refractivity contribution in [3.8, 4) is 0 Å². The van der Waals surface area contributed by atoms with Crippen molar-refractivity contribution in [2.24, 2.45) is 0 Å². The van der Waals surface area contributed by atoms with Gasteiger partial charge in [0.05, 0.1) is 17.8 Å². The monoisotopic (exact) mass is 297 g/mol. The van der Waals surface area contributed by atoms with Gasteiger partial charge < -0.3 is 10.2 Å². The molecule has 116 valence electrons. The van der Waals surface area contributed by atoms with Crippen LogP contribution in [0.5, 0.6) is 0 Å². The number of hydrogen-bond donors (Lipinski definition) is 1. The number of benzene rings is 1. The quantitative estimate of drug-likeness (QED) is 0.931. The molecule has 2 unspecified atom stereocenters. The maximum absolute atomic E-state index is 12.4. The van der Waals surface area contributed by atoms with Gasteiger partial charge in [0.1, 0.15) is 0 Å². The van der Waals surface area contributed by atoms with E-state index in [2.05, 4.69) is 29.4 Å². The fourth-order valence-electron chi connectivity index (χ4n) is 2.22. The van der Waals surface area contributed by atoms with Crippen molar-refractivity contribution in [3.63, 3.8) is 0 Å². The lowest BCUT2D eigenvalue weighted by molar-refractivity contribution is 0.190. The molecule has 1 aromatic heterocycles. The minimum absolute atomic E-state index is 0.0357. The maximum Gasteiger partial charge on any atom is 0.318 e. The standard InChI is InChI=1S/C18H23N3O/c1-13-8-10-16(11-9-13)14(2)20-18(22)21(4)15(3)17-7-5-6-12-19-17/h5-12,14-15H,1-4H3,(H,20,22). The van der Waals surface area contributed by atoms with Crippen molar-refractivity contribution >= 4 is 6.03 Å². The van der Waals surface area contributed by atoms with Crippen LogP contribution in [0.4, 0.5) is 4.79 Å². The number of hydrogen-bond acceptors (Lipinski definition) is 2. The van der Waals surface area contributed by atoms with Gasteiger partial charge in [0.25, 0.3) is 0 Å². The molecule has 0 aliphatic carbocycles. The van der Waals surface area contributed by atoms with E-state index in [1.807, 2.05) is 44.2 Å². The van der Waals surface area contributed by atoms with Crippen LogP contribution in [0.3, 0.4) is 0 Å². The minimum Gasteiger partial charge on any atom is -0.331 e. The molecule has 0 aliphatic rings. The molecule has 0 bridgehead atoms. The molecule has 4 heteroatoms. The maximum atomic E-state index is 12.4. The summed E-state index contributed by atoms with van der Waals surface area (Å²) in [7, 11) is 1.79. The fourth-order valence-corrected chi connectivity index (χ4v) is 2.22. The number of carbonyl (C=O) groups excluding carboxylic acids is 1. The Morgan fingerprint density at radius 1 is 1.14 bits per heavy atom. The van der Waals surface area contributed by atoms with Crippen LogP contribution in [0.1, 0.15) is 42.8 Å². The van der Waals surface area contributed by atoms with Crippen LogP contribution < -0.4 is 5.32 Å². The van der Waals surface area contributed by atoms with Gasteiger partial charge in [-0.15, -0.1) is 0 Å². The highest BCUT2D eigenvalue weighted by atomic mass is 16.2. The summed E-state index contributed by atoms with van der Waals surface area (Å²) in [4.78, 5) is 18.4. The number of urea groups is 1. The van der Waals surface area contributed by atoms with Gasteiger partial charge in [0, 0.05) is 13.2 Å². The van der Waals surface area contributed by atoms with E-state index in [4.69, 9.17) is 0 Å². The molecular weight excluding hydrogens is 274 g/mol. The molecule has 4 nitrogen and oxygen atoms in total. The first-order valence-electron chi connectivity index (χ1n) is 7.50. The third kappa shape index (κ3) is 3.85. The second-order valence-corrected chi connectivity index (χ2v) is 5.62. The van der Waals surface area contributed by atoms with Crippen molar-refractivity contribution in [2.75, 3.05) is 7.05 Å². The highest BCUT2D eigenvalue weighted by molar-refractivity contribution is 5.74. The highest BCUT2D eigenvalue weighted by Gasteiger charge is 2.19. The Morgan fingerprint density at radius 2 is 1.82 bits per heavy atom. The van der Waals surface area contributed by atoms with Crippen molar-refractivity contribution < 1.29 is 4.79 Å². The molecule has 0 aliphatic heterocycles. The van der Waals surface area contributed by atoms with Gasteiger partial charge in [-0.1, -0.05) is 35.9 Å². The first-order valence-corrected chi connectivity index (χ1v) is 7.50. The van der Waals surface area contributed by atoms with Gasteiger partial charge >= 0.3 is 6.03 Å². The summed E-state index contributed by atoms with van der Waals surface area (Å²) in [5.74, 6) is 0. The normalized spacial score (nSPS) is 13.3. The Labute approximate surface area is 132 Å². The second kappa shape index (κ2) is 7.07. The summed E-state index contributed by atoms with van der Waals surface area (Å²) >= 11 is 0. The first-order chi connectivity index (χ1) is 10.5. The van der Waals surface area contributed by atoms with E-state index in [0.29, 0.717) is 0 Å². The molecule has 0 saturated heterocycles. The number of pyridine rings is 1. The zero-order valence-electron chi connectivity index (χ0n) is 13.6. The lowest BCUT2D eigenvalue weighted by atomic mass is 10.1. The van der Waals surface area contributed by atoms with Crippen molar-refractivity contribution in [1.29, 1.82) is 0 Å². The van der Waals surface area contributed by atoms with E-state index in [-0.39, 0.29) is 18.1 Å². The molecule has 0 fully saturated rings. The zero-order valence-corrected chi connectivity index (χ0v) is 13.6. The molecule has 1 N–H and O–H groups in total. The number of nitrogens with zero attached hydrogens (tertiary/aromatic N) is 2. The predicted octanol–water partition coefficient (Wildman–Crippen LogP) is 3.85. The van der Waals surface area contributed by atoms with E-state index in [0.717, 1.165) is 11.3 Å². The molecule has 2 atom stereocenters. The smallest absolute Gasteiger partial charge is 0.318 e. The molecule has 2 rings (SSSR count). The summed E-state index contributed by atoms with van der Waals surface area (Å²) in [6, 6.07) is 13.7. The van der Waals surface area contributed by atoms with Gasteiger partial charge in [-0.2, -0.15) is 0 Å². The molecule has 2 aromatic rings. The number of rotatable bonds is 4. The first kappa shape index (κ1) is 16.0. The molecule has 1 heterocycles. The Morgan fingerprint density at radius 3 is 2.41 bits per heavy atom. The van der Waals surface area contributed by atoms with Crippen molar-refractivity contribution in [1.82, 2.24) is 15.2 Å².